The molecule has 1 atom stereocenters. The minimum atomic E-state index is -2.60. The van der Waals surface area contributed by atoms with Gasteiger partial charge >= 0.3 is 5.97 Å². The smallest absolute Gasteiger partial charge is 0.313 e. The van der Waals surface area contributed by atoms with Crippen LogP contribution in [0.2, 0.25) is 0 Å². The molecule has 0 aromatic carbocycles. The molecule has 1 saturated carbocycles. The van der Waals surface area contributed by atoms with Crippen LogP contribution < -0.4 is 5.32 Å². The van der Waals surface area contributed by atoms with Crippen LogP contribution in [-0.4, -0.2) is 56.9 Å². The summed E-state index contributed by atoms with van der Waals surface area (Å²) in [6, 6.07) is 12.2. The maximum absolute atomic E-state index is 13.1. The molecule has 0 radical (unpaired) electrons. The number of nitrogens with one attached hydrogen (secondary N) is 1. The lowest BCUT2D eigenvalue weighted by Gasteiger charge is -2.39. The Morgan fingerprint density at radius 3 is 2.53 bits per heavy atom. The van der Waals surface area contributed by atoms with Gasteiger partial charge in [0.25, 0.3) is 6.43 Å². The average Bonchev–Trinajstić information content (AvgIpc) is 3.04. The zero-order valence-electron chi connectivity index (χ0n) is 25.9. The fourth-order valence-electron chi connectivity index (χ4n) is 6.59. The predicted molar refractivity (Wildman–Crippen MR) is 165 cm³/mol. The second-order valence-corrected chi connectivity index (χ2v) is 12.7. The number of likely N-dealkylation sites (tertiary alicyclic amines) is 1. The highest BCUT2D eigenvalue weighted by Gasteiger charge is 2.40. The Bertz CT molecular complexity index is 1510. The van der Waals surface area contributed by atoms with Gasteiger partial charge in [-0.1, -0.05) is 0 Å². The third-order valence-corrected chi connectivity index (χ3v) is 9.35. The van der Waals surface area contributed by atoms with Crippen LogP contribution in [-0.2, 0) is 15.1 Å². The van der Waals surface area contributed by atoms with Crippen LogP contribution in [0.3, 0.4) is 0 Å². The van der Waals surface area contributed by atoms with Gasteiger partial charge in [0.2, 0.25) is 6.73 Å². The molecule has 5 rings (SSSR count). The number of aromatic nitrogens is 3. The monoisotopic (exact) mass is 619 g/mol. The lowest BCUT2D eigenvalue weighted by molar-refractivity contribution is -0.941. The number of carbonyl (C=O) groups is 1. The number of carbonyl (C=O) groups excluding carboxylic acids is 1. The summed E-state index contributed by atoms with van der Waals surface area (Å²) in [5, 5.41) is 23.9. The van der Waals surface area contributed by atoms with E-state index in [1.165, 1.54) is 18.3 Å². The Kier molecular flexibility index (Phi) is 10.0. The second-order valence-electron chi connectivity index (χ2n) is 12.7. The molecular weight excluding hydrogens is 578 g/mol. The summed E-state index contributed by atoms with van der Waals surface area (Å²) >= 11 is 0. The normalized spacial score (nSPS) is 21.0. The van der Waals surface area contributed by atoms with E-state index in [-0.39, 0.29) is 35.9 Å². The molecule has 1 saturated heterocycles. The van der Waals surface area contributed by atoms with Crippen LogP contribution in [0.4, 0.5) is 20.4 Å². The molecule has 238 valence electrons. The van der Waals surface area contributed by atoms with Gasteiger partial charge in [-0.2, -0.15) is 5.26 Å². The molecule has 3 aromatic rings. The molecule has 1 aliphatic carbocycles. The molecule has 11 heteroatoms. The first kappa shape index (κ1) is 32.4. The summed E-state index contributed by atoms with van der Waals surface area (Å²) in [6.45, 7) is 6.06. The number of hydrogen-bond donors (Lipinski definition) is 2. The van der Waals surface area contributed by atoms with Crippen LogP contribution in [0.15, 0.2) is 48.8 Å². The lowest BCUT2D eigenvalue weighted by Crippen LogP contribution is -2.53. The van der Waals surface area contributed by atoms with Crippen LogP contribution in [0, 0.1) is 30.1 Å². The number of aryl methyl sites for hydroxylation is 1. The summed E-state index contributed by atoms with van der Waals surface area (Å²) < 4.78 is 32.5. The van der Waals surface area contributed by atoms with E-state index in [0.717, 1.165) is 43.5 Å². The third-order valence-electron chi connectivity index (χ3n) is 9.35. The predicted octanol–water partition coefficient (Wildman–Crippen LogP) is 6.57. The van der Waals surface area contributed by atoms with E-state index in [9.17, 15) is 23.9 Å². The number of nitrogens with zero attached hydrogens (tertiary/aromatic N) is 5. The number of alkyl halides is 2. The number of ether oxygens (including phenoxy) is 1. The molecule has 9 nitrogen and oxygen atoms in total. The van der Waals surface area contributed by atoms with Gasteiger partial charge in [0, 0.05) is 23.5 Å². The average molecular weight is 620 g/mol. The van der Waals surface area contributed by atoms with Crippen molar-refractivity contribution in [3.63, 3.8) is 0 Å². The fourth-order valence-corrected chi connectivity index (χ4v) is 6.59. The Morgan fingerprint density at radius 2 is 1.87 bits per heavy atom. The van der Waals surface area contributed by atoms with E-state index in [0.29, 0.717) is 53.9 Å². The number of anilines is 2. The largest absolute Gasteiger partial charge is 0.415 e. The van der Waals surface area contributed by atoms with Gasteiger partial charge in [-0.3, -0.25) is 14.3 Å². The van der Waals surface area contributed by atoms with Crippen molar-refractivity contribution in [3.05, 3.63) is 65.6 Å². The molecule has 45 heavy (non-hydrogen) atoms. The summed E-state index contributed by atoms with van der Waals surface area (Å²) in [4.78, 5) is 26.3. The Morgan fingerprint density at radius 1 is 1.11 bits per heavy atom. The zero-order valence-corrected chi connectivity index (χ0v) is 25.9. The van der Waals surface area contributed by atoms with Gasteiger partial charge in [-0.25, -0.2) is 18.7 Å². The first-order valence-corrected chi connectivity index (χ1v) is 15.7. The first-order chi connectivity index (χ1) is 21.6. The highest BCUT2D eigenvalue weighted by atomic mass is 19.3. The van der Waals surface area contributed by atoms with E-state index in [4.69, 9.17) is 4.74 Å². The standard InChI is InChI=1S/C34H41F2N6O3/c1-23-18-28(40-31(19-23)41-30-20-25(32(35)36)12-14-38-30)26-8-11-29(39-21-26)34(2,44)27-9-6-24(7-10-27)33(43)45-22-42(17-13-37)15-4-3-5-16-42/h8,11-12,14,18-21,24,27,32,44H,3-7,9-10,15-17,22H2,1-2H3,(H,38,40,41)/q+1/t24?,27?,34-/m1/s1. The van der Waals surface area contributed by atoms with Crippen molar-refractivity contribution in [3.8, 4) is 17.3 Å². The summed E-state index contributed by atoms with van der Waals surface area (Å²) in [7, 11) is 0. The molecule has 4 heterocycles. The van der Waals surface area contributed by atoms with Crippen molar-refractivity contribution >= 4 is 17.6 Å². The SMILES string of the molecule is Cc1cc(Nc2cc(C(F)F)ccn2)nc(-c2ccc([C@](C)(O)C3CCC(C(=O)OC[N+]4(CC#N)CCCCC4)CC3)nc2)c1. The highest BCUT2D eigenvalue weighted by Crippen LogP contribution is 2.41. The number of esters is 1. The molecule has 0 bridgehead atoms. The molecule has 1 aliphatic heterocycles. The van der Waals surface area contributed by atoms with E-state index < -0.39 is 12.0 Å². The van der Waals surface area contributed by atoms with Crippen molar-refractivity contribution in [2.75, 3.05) is 31.7 Å². The number of aliphatic hydroxyl groups is 1. The topological polar surface area (TPSA) is 121 Å². The minimum Gasteiger partial charge on any atom is -0.415 e. The zero-order chi connectivity index (χ0) is 32.0. The van der Waals surface area contributed by atoms with Crippen LogP contribution >= 0.6 is 0 Å². The summed E-state index contributed by atoms with van der Waals surface area (Å²) in [5.74, 6) is 0.267. The van der Waals surface area contributed by atoms with Crippen molar-refractivity contribution in [2.45, 2.75) is 70.8 Å². The number of hydrogen-bond acceptors (Lipinski definition) is 8. The molecule has 0 unspecified atom stereocenters. The van der Waals surface area contributed by atoms with Crippen molar-refractivity contribution in [1.29, 1.82) is 5.26 Å². The highest BCUT2D eigenvalue weighted by molar-refractivity contribution is 5.72. The van der Waals surface area contributed by atoms with E-state index in [1.54, 1.807) is 25.3 Å². The van der Waals surface area contributed by atoms with Gasteiger partial charge in [-0.05, 0) is 107 Å². The van der Waals surface area contributed by atoms with Crippen LogP contribution in [0.25, 0.3) is 11.3 Å². The lowest BCUT2D eigenvalue weighted by atomic mass is 9.73. The molecule has 2 N–H and O–H groups in total. The Hall–Kier alpha value is -4.01. The summed E-state index contributed by atoms with van der Waals surface area (Å²) in [6.07, 6.45) is 6.27. The fraction of sp³-hybridized carbons (Fsp3) is 0.500. The summed E-state index contributed by atoms with van der Waals surface area (Å²) in [5.41, 5.74) is 1.54. The van der Waals surface area contributed by atoms with Crippen molar-refractivity contribution in [1.82, 2.24) is 15.0 Å². The minimum absolute atomic E-state index is 0.0663. The van der Waals surface area contributed by atoms with E-state index >= 15 is 0 Å². The number of nitriles is 1. The third kappa shape index (κ3) is 7.81. The second kappa shape index (κ2) is 14.0. The molecule has 0 amide bonds. The number of pyridine rings is 3. The molecule has 2 fully saturated rings. The van der Waals surface area contributed by atoms with E-state index in [2.05, 4.69) is 26.3 Å². The van der Waals surface area contributed by atoms with Gasteiger partial charge in [-0.15, -0.1) is 0 Å². The van der Waals surface area contributed by atoms with Gasteiger partial charge < -0.3 is 15.2 Å². The Balaban J connectivity index is 1.19. The van der Waals surface area contributed by atoms with Crippen molar-refractivity contribution < 1.29 is 27.9 Å². The number of quaternary nitrogens is 1. The maximum Gasteiger partial charge on any atom is 0.313 e. The maximum atomic E-state index is 13.1. The van der Waals surface area contributed by atoms with Gasteiger partial charge in [0.05, 0.1) is 30.4 Å². The first-order valence-electron chi connectivity index (χ1n) is 15.7. The molecule has 2 aliphatic rings. The number of halogens is 2. The molecule has 3 aromatic heterocycles. The quantitative estimate of drug-likeness (QED) is 0.149. The molecule has 0 spiro atoms. The van der Waals surface area contributed by atoms with Gasteiger partial charge in [0.1, 0.15) is 23.3 Å². The van der Waals surface area contributed by atoms with Crippen molar-refractivity contribution in [2.24, 2.45) is 11.8 Å². The van der Waals surface area contributed by atoms with Crippen LogP contribution in [0.5, 0.6) is 0 Å². The number of piperidine rings is 1. The molecular formula is C34H41F2N6O3+. The van der Waals surface area contributed by atoms with E-state index in [1.807, 2.05) is 19.1 Å². The number of rotatable bonds is 10. The van der Waals surface area contributed by atoms with Crippen LogP contribution in [0.1, 0.15) is 75.1 Å². The van der Waals surface area contributed by atoms with Gasteiger partial charge in [0.15, 0.2) is 6.54 Å². The Labute approximate surface area is 262 Å².